The van der Waals surface area contributed by atoms with Gasteiger partial charge < -0.3 is 16.2 Å². The first-order chi connectivity index (χ1) is 13.4. The summed E-state index contributed by atoms with van der Waals surface area (Å²) in [5.74, 6) is 0.572. The Hall–Kier alpha value is -2.83. The van der Waals surface area contributed by atoms with Gasteiger partial charge in [0, 0.05) is 18.7 Å². The highest BCUT2D eigenvalue weighted by Gasteiger charge is 2.45. The second-order valence-electron chi connectivity index (χ2n) is 7.22. The standard InChI is InChI=1S/C18H21ClN8O/c1-10-7-12(25-27(10)18(9-28)4-5-18)3-6-22-16-13(8-20)15(21)26-17(23-16)14(19)11(2)24-26/h7,28H,3-6,9,21H2,1-2H3,(H,22,23). The maximum Gasteiger partial charge on any atom is 0.178 e. The van der Waals surface area contributed by atoms with E-state index < -0.39 is 0 Å². The van der Waals surface area contributed by atoms with Gasteiger partial charge in [-0.25, -0.2) is 4.98 Å². The number of hydrogen-bond donors (Lipinski definition) is 3. The Morgan fingerprint density at radius 2 is 2.14 bits per heavy atom. The molecule has 0 radical (unpaired) electrons. The number of aryl methyl sites for hydroxylation is 2. The number of hydrogen-bond acceptors (Lipinski definition) is 7. The van der Waals surface area contributed by atoms with E-state index in [4.69, 9.17) is 17.3 Å². The number of anilines is 2. The summed E-state index contributed by atoms with van der Waals surface area (Å²) >= 11 is 6.25. The van der Waals surface area contributed by atoms with Crippen molar-refractivity contribution < 1.29 is 5.11 Å². The summed E-state index contributed by atoms with van der Waals surface area (Å²) in [6.07, 6.45) is 2.53. The number of aliphatic hydroxyl groups excluding tert-OH is 1. The highest BCUT2D eigenvalue weighted by molar-refractivity contribution is 6.34. The van der Waals surface area contributed by atoms with Gasteiger partial charge in [0.1, 0.15) is 28.3 Å². The van der Waals surface area contributed by atoms with Gasteiger partial charge in [0.25, 0.3) is 0 Å². The lowest BCUT2D eigenvalue weighted by Gasteiger charge is -2.14. The van der Waals surface area contributed by atoms with Gasteiger partial charge in [-0.15, -0.1) is 0 Å². The van der Waals surface area contributed by atoms with Gasteiger partial charge in [0.2, 0.25) is 0 Å². The van der Waals surface area contributed by atoms with E-state index in [1.165, 1.54) is 4.52 Å². The molecule has 3 aromatic heterocycles. The van der Waals surface area contributed by atoms with Gasteiger partial charge in [-0.05, 0) is 32.8 Å². The van der Waals surface area contributed by atoms with Crippen molar-refractivity contribution in [2.45, 2.75) is 38.6 Å². The molecule has 9 nitrogen and oxygen atoms in total. The molecule has 1 saturated carbocycles. The lowest BCUT2D eigenvalue weighted by Crippen LogP contribution is -2.24. The second kappa shape index (κ2) is 6.65. The van der Waals surface area contributed by atoms with Gasteiger partial charge in [-0.3, -0.25) is 4.68 Å². The Kier molecular flexibility index (Phi) is 4.40. The fraction of sp³-hybridized carbons (Fsp3) is 0.444. The number of nitrogen functional groups attached to an aromatic ring is 1. The van der Waals surface area contributed by atoms with Crippen LogP contribution in [-0.4, -0.2) is 42.6 Å². The molecule has 1 fully saturated rings. The average Bonchev–Trinajstić information content (AvgIpc) is 3.31. The van der Waals surface area contributed by atoms with Crippen molar-refractivity contribution in [3.8, 4) is 6.07 Å². The summed E-state index contributed by atoms with van der Waals surface area (Å²) in [7, 11) is 0. The van der Waals surface area contributed by atoms with Crippen LogP contribution in [0.15, 0.2) is 6.07 Å². The predicted octanol–water partition coefficient (Wildman–Crippen LogP) is 1.79. The topological polar surface area (TPSA) is 130 Å². The third kappa shape index (κ3) is 2.85. The minimum Gasteiger partial charge on any atom is -0.394 e. The van der Waals surface area contributed by atoms with Crippen molar-refractivity contribution in [2.24, 2.45) is 0 Å². The molecule has 10 heteroatoms. The van der Waals surface area contributed by atoms with Crippen LogP contribution in [0.25, 0.3) is 5.65 Å². The number of rotatable bonds is 6. The molecule has 0 saturated heterocycles. The highest BCUT2D eigenvalue weighted by atomic mass is 35.5. The minimum atomic E-state index is -0.221. The Balaban J connectivity index is 1.54. The molecule has 0 spiro atoms. The van der Waals surface area contributed by atoms with E-state index in [0.717, 1.165) is 24.2 Å². The summed E-state index contributed by atoms with van der Waals surface area (Å²) in [5.41, 5.74) is 9.05. The highest BCUT2D eigenvalue weighted by Crippen LogP contribution is 2.43. The number of nitrogens with zero attached hydrogens (tertiary/aromatic N) is 6. The number of nitrogens with one attached hydrogen (secondary N) is 1. The quantitative estimate of drug-likeness (QED) is 0.574. The largest absolute Gasteiger partial charge is 0.394 e. The predicted molar refractivity (Wildman–Crippen MR) is 105 cm³/mol. The summed E-state index contributed by atoms with van der Waals surface area (Å²) in [4.78, 5) is 4.44. The maximum atomic E-state index is 9.62. The van der Waals surface area contributed by atoms with Crippen molar-refractivity contribution in [2.75, 3.05) is 24.2 Å². The molecule has 1 aliphatic rings. The molecule has 4 rings (SSSR count). The van der Waals surface area contributed by atoms with E-state index in [-0.39, 0.29) is 23.5 Å². The molecule has 0 bridgehead atoms. The molecule has 0 amide bonds. The van der Waals surface area contributed by atoms with E-state index in [9.17, 15) is 10.4 Å². The van der Waals surface area contributed by atoms with Crippen LogP contribution < -0.4 is 11.1 Å². The number of fused-ring (bicyclic) bond motifs is 1. The number of aromatic nitrogens is 5. The lowest BCUT2D eigenvalue weighted by molar-refractivity contribution is 0.200. The molecule has 1 aliphatic carbocycles. The SMILES string of the molecule is Cc1nn2c(N)c(C#N)c(NCCc3cc(C)n(C4(CO)CC4)n3)nc2c1Cl. The first kappa shape index (κ1) is 18.5. The Morgan fingerprint density at radius 3 is 2.79 bits per heavy atom. The minimum absolute atomic E-state index is 0.105. The zero-order valence-electron chi connectivity index (χ0n) is 15.7. The fourth-order valence-corrected chi connectivity index (χ4v) is 3.58. The molecular formula is C18H21ClN8O. The van der Waals surface area contributed by atoms with Crippen molar-refractivity contribution in [1.82, 2.24) is 24.4 Å². The van der Waals surface area contributed by atoms with E-state index in [1.54, 1.807) is 6.92 Å². The van der Waals surface area contributed by atoms with Crippen molar-refractivity contribution in [3.63, 3.8) is 0 Å². The van der Waals surface area contributed by atoms with Gasteiger partial charge in [-0.1, -0.05) is 11.6 Å². The van der Waals surface area contributed by atoms with Gasteiger partial charge in [-0.2, -0.15) is 20.0 Å². The van der Waals surface area contributed by atoms with Gasteiger partial charge in [0.15, 0.2) is 5.65 Å². The Morgan fingerprint density at radius 1 is 1.39 bits per heavy atom. The molecule has 0 atom stereocenters. The molecule has 3 aromatic rings. The van der Waals surface area contributed by atoms with E-state index in [2.05, 4.69) is 26.6 Å². The van der Waals surface area contributed by atoms with E-state index >= 15 is 0 Å². The third-order valence-corrected chi connectivity index (χ3v) is 5.64. The molecule has 3 heterocycles. The second-order valence-corrected chi connectivity index (χ2v) is 7.59. The lowest BCUT2D eigenvalue weighted by atomic mass is 10.2. The maximum absolute atomic E-state index is 9.62. The van der Waals surface area contributed by atoms with Gasteiger partial charge >= 0.3 is 0 Å². The van der Waals surface area contributed by atoms with Crippen LogP contribution in [0.4, 0.5) is 11.6 Å². The van der Waals surface area contributed by atoms with Crippen molar-refractivity contribution in [3.05, 3.63) is 33.7 Å². The fourth-order valence-electron chi connectivity index (χ4n) is 3.42. The van der Waals surface area contributed by atoms with Crippen LogP contribution in [0.1, 0.15) is 35.5 Å². The monoisotopic (exact) mass is 400 g/mol. The number of halogens is 1. The van der Waals surface area contributed by atoms with Crippen molar-refractivity contribution in [1.29, 1.82) is 5.26 Å². The summed E-state index contributed by atoms with van der Waals surface area (Å²) in [6.45, 7) is 4.37. The molecule has 28 heavy (non-hydrogen) atoms. The molecule has 0 aliphatic heterocycles. The van der Waals surface area contributed by atoms with E-state index in [1.807, 2.05) is 17.7 Å². The number of nitrogens with two attached hydrogens (primary N) is 1. The number of aliphatic hydroxyl groups is 1. The zero-order valence-corrected chi connectivity index (χ0v) is 16.5. The smallest absolute Gasteiger partial charge is 0.178 e. The molecule has 4 N–H and O–H groups in total. The van der Waals surface area contributed by atoms with Crippen molar-refractivity contribution >= 4 is 28.9 Å². The van der Waals surface area contributed by atoms with Crippen LogP contribution in [0.2, 0.25) is 5.02 Å². The normalized spacial score (nSPS) is 15.0. The molecule has 0 unspecified atom stereocenters. The molecular weight excluding hydrogens is 380 g/mol. The molecule has 0 aromatic carbocycles. The van der Waals surface area contributed by atoms with Crippen LogP contribution in [0.3, 0.4) is 0 Å². The average molecular weight is 401 g/mol. The number of nitriles is 1. The van der Waals surface area contributed by atoms with Crippen LogP contribution in [0.5, 0.6) is 0 Å². The Bertz CT molecular complexity index is 1110. The van der Waals surface area contributed by atoms with Gasteiger partial charge in [0.05, 0.1) is 23.5 Å². The summed E-state index contributed by atoms with van der Waals surface area (Å²) in [5, 5.41) is 31.6. The Labute approximate surface area is 166 Å². The zero-order chi connectivity index (χ0) is 20.1. The first-order valence-corrected chi connectivity index (χ1v) is 9.43. The third-order valence-electron chi connectivity index (χ3n) is 5.20. The summed E-state index contributed by atoms with van der Waals surface area (Å²) < 4.78 is 3.32. The van der Waals surface area contributed by atoms with Crippen LogP contribution >= 0.6 is 11.6 Å². The molecule has 146 valence electrons. The van der Waals surface area contributed by atoms with E-state index in [0.29, 0.717) is 35.1 Å². The first-order valence-electron chi connectivity index (χ1n) is 9.05. The summed E-state index contributed by atoms with van der Waals surface area (Å²) in [6, 6.07) is 4.10. The van der Waals surface area contributed by atoms with Crippen LogP contribution in [0, 0.1) is 25.2 Å². The van der Waals surface area contributed by atoms with Crippen LogP contribution in [-0.2, 0) is 12.0 Å².